The van der Waals surface area contributed by atoms with Crippen molar-refractivity contribution < 1.29 is 9.66 Å². The first-order chi connectivity index (χ1) is 7.10. The molecule has 80 valence electrons. The number of nitrogens with zero attached hydrogens (tertiary/aromatic N) is 1. The van der Waals surface area contributed by atoms with Crippen molar-refractivity contribution in [2.45, 2.75) is 13.8 Å². The van der Waals surface area contributed by atoms with Crippen LogP contribution < -0.4 is 4.74 Å². The van der Waals surface area contributed by atoms with Gasteiger partial charge < -0.3 is 4.74 Å². The molecule has 1 aromatic rings. The lowest BCUT2D eigenvalue weighted by atomic mass is 10.1. The Morgan fingerprint density at radius 1 is 1.53 bits per heavy atom. The van der Waals surface area contributed by atoms with Crippen molar-refractivity contribution in [2.75, 3.05) is 7.11 Å². The third kappa shape index (κ3) is 2.34. The van der Waals surface area contributed by atoms with Crippen LogP contribution in [0, 0.1) is 10.1 Å². The number of nitro benzene ring substituents is 1. The van der Waals surface area contributed by atoms with Gasteiger partial charge in [0, 0.05) is 0 Å². The molecular weight excluding hydrogens is 194 g/mol. The van der Waals surface area contributed by atoms with Crippen LogP contribution in [-0.2, 0) is 0 Å². The van der Waals surface area contributed by atoms with Crippen LogP contribution in [0.5, 0.6) is 5.75 Å². The molecule has 0 aromatic heterocycles. The van der Waals surface area contributed by atoms with Crippen molar-refractivity contribution in [1.82, 2.24) is 0 Å². The number of benzene rings is 1. The zero-order valence-corrected chi connectivity index (χ0v) is 8.98. The molecule has 0 aliphatic rings. The lowest BCUT2D eigenvalue weighted by molar-refractivity contribution is -0.385. The molecule has 0 aliphatic heterocycles. The first-order valence-corrected chi connectivity index (χ1v) is 4.56. The number of allylic oxidation sites excluding steroid dienone is 2. The molecule has 0 saturated heterocycles. The molecule has 0 radical (unpaired) electrons. The van der Waals surface area contributed by atoms with Crippen LogP contribution >= 0.6 is 0 Å². The molecule has 1 rings (SSSR count). The maximum Gasteiger partial charge on any atom is 0.280 e. The molecule has 0 N–H and O–H groups in total. The van der Waals surface area contributed by atoms with Gasteiger partial charge in [-0.05, 0) is 31.6 Å². The fourth-order valence-corrected chi connectivity index (χ4v) is 1.28. The van der Waals surface area contributed by atoms with Crippen molar-refractivity contribution in [3.63, 3.8) is 0 Å². The number of hydrogen-bond acceptors (Lipinski definition) is 3. The van der Waals surface area contributed by atoms with Crippen molar-refractivity contribution in [2.24, 2.45) is 0 Å². The Morgan fingerprint density at radius 3 is 2.67 bits per heavy atom. The van der Waals surface area contributed by atoms with Crippen molar-refractivity contribution in [3.8, 4) is 5.75 Å². The SMILES string of the molecule is C/C=C(\C)c1ccc(OC)cc1[N+](=O)[O-]. The van der Waals surface area contributed by atoms with Crippen molar-refractivity contribution in [1.29, 1.82) is 0 Å². The van der Waals surface area contributed by atoms with Gasteiger partial charge in [-0.1, -0.05) is 6.08 Å². The van der Waals surface area contributed by atoms with Crippen LogP contribution in [0.2, 0.25) is 0 Å². The third-order valence-corrected chi connectivity index (χ3v) is 2.26. The summed E-state index contributed by atoms with van der Waals surface area (Å²) in [4.78, 5) is 10.4. The Bertz CT molecular complexity index is 410. The minimum atomic E-state index is -0.398. The lowest BCUT2D eigenvalue weighted by Crippen LogP contribution is -1.95. The summed E-state index contributed by atoms with van der Waals surface area (Å²) in [6.45, 7) is 3.69. The Kier molecular flexibility index (Phi) is 3.44. The highest BCUT2D eigenvalue weighted by molar-refractivity contribution is 5.72. The van der Waals surface area contributed by atoms with Crippen LogP contribution in [0.3, 0.4) is 0 Å². The average Bonchev–Trinajstić information content (AvgIpc) is 2.27. The number of methoxy groups -OCH3 is 1. The van der Waals surface area contributed by atoms with E-state index in [4.69, 9.17) is 4.74 Å². The van der Waals surface area contributed by atoms with Gasteiger partial charge in [0.1, 0.15) is 5.75 Å². The Hall–Kier alpha value is -1.84. The van der Waals surface area contributed by atoms with E-state index >= 15 is 0 Å². The smallest absolute Gasteiger partial charge is 0.280 e. The summed E-state index contributed by atoms with van der Waals surface area (Å²) in [5.74, 6) is 0.495. The Labute approximate surface area is 88.3 Å². The zero-order valence-electron chi connectivity index (χ0n) is 8.98. The van der Waals surface area contributed by atoms with Gasteiger partial charge in [-0.15, -0.1) is 0 Å². The quantitative estimate of drug-likeness (QED) is 0.565. The lowest BCUT2D eigenvalue weighted by Gasteiger charge is -2.05. The standard InChI is InChI=1S/C11H13NO3/c1-4-8(2)10-6-5-9(15-3)7-11(10)12(13)14/h4-7H,1-3H3/b8-4+. The van der Waals surface area contributed by atoms with Crippen LogP contribution in [0.25, 0.3) is 5.57 Å². The van der Waals surface area contributed by atoms with Gasteiger partial charge in [-0.2, -0.15) is 0 Å². The Morgan fingerprint density at radius 2 is 2.20 bits per heavy atom. The summed E-state index contributed by atoms with van der Waals surface area (Å²) in [5, 5.41) is 10.8. The van der Waals surface area contributed by atoms with E-state index in [2.05, 4.69) is 0 Å². The van der Waals surface area contributed by atoms with E-state index in [0.717, 1.165) is 5.57 Å². The summed E-state index contributed by atoms with van der Waals surface area (Å²) in [5.41, 5.74) is 1.58. The minimum Gasteiger partial charge on any atom is -0.497 e. The highest BCUT2D eigenvalue weighted by Crippen LogP contribution is 2.29. The number of nitro groups is 1. The fraction of sp³-hybridized carbons (Fsp3) is 0.273. The van der Waals surface area contributed by atoms with Crippen LogP contribution in [0.1, 0.15) is 19.4 Å². The largest absolute Gasteiger partial charge is 0.497 e. The molecule has 0 atom stereocenters. The minimum absolute atomic E-state index is 0.0740. The monoisotopic (exact) mass is 207 g/mol. The van der Waals surface area contributed by atoms with Crippen LogP contribution in [-0.4, -0.2) is 12.0 Å². The van der Waals surface area contributed by atoms with E-state index < -0.39 is 4.92 Å². The second kappa shape index (κ2) is 4.59. The van der Waals surface area contributed by atoms with E-state index in [9.17, 15) is 10.1 Å². The second-order valence-corrected chi connectivity index (χ2v) is 3.11. The molecule has 0 unspecified atom stereocenters. The molecule has 0 amide bonds. The van der Waals surface area contributed by atoms with Gasteiger partial charge in [0.25, 0.3) is 5.69 Å². The molecule has 0 spiro atoms. The van der Waals surface area contributed by atoms with Gasteiger partial charge >= 0.3 is 0 Å². The third-order valence-electron chi connectivity index (χ3n) is 2.26. The molecule has 0 fully saturated rings. The molecule has 4 nitrogen and oxygen atoms in total. The van der Waals surface area contributed by atoms with E-state index in [-0.39, 0.29) is 5.69 Å². The summed E-state index contributed by atoms with van der Waals surface area (Å²) >= 11 is 0. The number of ether oxygens (including phenoxy) is 1. The summed E-state index contributed by atoms with van der Waals surface area (Å²) in [7, 11) is 1.49. The molecule has 0 saturated carbocycles. The topological polar surface area (TPSA) is 52.4 Å². The maximum absolute atomic E-state index is 10.8. The molecule has 15 heavy (non-hydrogen) atoms. The van der Waals surface area contributed by atoms with E-state index in [0.29, 0.717) is 11.3 Å². The zero-order chi connectivity index (χ0) is 11.4. The first-order valence-electron chi connectivity index (χ1n) is 4.56. The van der Waals surface area contributed by atoms with Gasteiger partial charge in [-0.25, -0.2) is 0 Å². The summed E-state index contributed by atoms with van der Waals surface area (Å²) in [6.07, 6.45) is 1.84. The van der Waals surface area contributed by atoms with E-state index in [1.165, 1.54) is 13.2 Å². The first kappa shape index (κ1) is 11.2. The Balaban J connectivity index is 3.34. The molecular formula is C11H13NO3. The highest BCUT2D eigenvalue weighted by Gasteiger charge is 2.15. The number of hydrogen-bond donors (Lipinski definition) is 0. The second-order valence-electron chi connectivity index (χ2n) is 3.11. The molecule has 1 aromatic carbocycles. The van der Waals surface area contributed by atoms with Gasteiger partial charge in [-0.3, -0.25) is 10.1 Å². The summed E-state index contributed by atoms with van der Waals surface area (Å²) < 4.78 is 4.95. The van der Waals surface area contributed by atoms with E-state index in [1.54, 1.807) is 12.1 Å². The molecule has 0 bridgehead atoms. The van der Waals surface area contributed by atoms with Crippen LogP contribution in [0.15, 0.2) is 24.3 Å². The molecule has 4 heteroatoms. The van der Waals surface area contributed by atoms with Crippen molar-refractivity contribution in [3.05, 3.63) is 40.0 Å². The predicted molar refractivity (Wildman–Crippen MR) is 59.0 cm³/mol. The predicted octanol–water partition coefficient (Wildman–Crippen LogP) is 3.03. The number of rotatable bonds is 3. The van der Waals surface area contributed by atoms with E-state index in [1.807, 2.05) is 19.9 Å². The fourth-order valence-electron chi connectivity index (χ4n) is 1.28. The molecule has 0 aliphatic carbocycles. The van der Waals surface area contributed by atoms with Gasteiger partial charge in [0.2, 0.25) is 0 Å². The van der Waals surface area contributed by atoms with Gasteiger partial charge in [0.05, 0.1) is 23.7 Å². The van der Waals surface area contributed by atoms with Gasteiger partial charge in [0.15, 0.2) is 0 Å². The normalized spacial score (nSPS) is 11.3. The average molecular weight is 207 g/mol. The molecule has 0 heterocycles. The van der Waals surface area contributed by atoms with Crippen LogP contribution in [0.4, 0.5) is 5.69 Å². The van der Waals surface area contributed by atoms with Crippen molar-refractivity contribution >= 4 is 11.3 Å². The highest BCUT2D eigenvalue weighted by atomic mass is 16.6. The maximum atomic E-state index is 10.8. The summed E-state index contributed by atoms with van der Waals surface area (Å²) in [6, 6.07) is 4.85.